The second kappa shape index (κ2) is 10.5. The van der Waals surface area contributed by atoms with Crippen molar-refractivity contribution in [1.29, 1.82) is 0 Å². The van der Waals surface area contributed by atoms with Gasteiger partial charge in [-0.15, -0.1) is 0 Å². The monoisotopic (exact) mass is 493 g/mol. The molecule has 0 bridgehead atoms. The summed E-state index contributed by atoms with van der Waals surface area (Å²) in [4.78, 5) is 26.7. The van der Waals surface area contributed by atoms with Gasteiger partial charge >= 0.3 is 0 Å². The van der Waals surface area contributed by atoms with Crippen molar-refractivity contribution in [3.05, 3.63) is 114 Å². The van der Waals surface area contributed by atoms with Crippen LogP contribution in [0.1, 0.15) is 34.6 Å². The molecule has 186 valence electrons. The van der Waals surface area contributed by atoms with Crippen LogP contribution in [-0.2, 0) is 11.4 Å². The molecule has 0 radical (unpaired) electrons. The van der Waals surface area contributed by atoms with Gasteiger partial charge in [0.15, 0.2) is 0 Å². The molecule has 1 heterocycles. The van der Waals surface area contributed by atoms with Crippen LogP contribution in [-0.4, -0.2) is 18.9 Å². The number of ether oxygens (including phenoxy) is 2. The predicted molar refractivity (Wildman–Crippen MR) is 144 cm³/mol. The Bertz CT molecular complexity index is 1420. The molecule has 0 spiro atoms. The fourth-order valence-electron chi connectivity index (χ4n) is 4.42. The first-order valence-corrected chi connectivity index (χ1v) is 11.9. The van der Waals surface area contributed by atoms with Crippen LogP contribution in [0, 0.1) is 0 Å². The number of carbonyl (C=O) groups is 2. The van der Waals surface area contributed by atoms with Crippen molar-refractivity contribution < 1.29 is 19.1 Å². The summed E-state index contributed by atoms with van der Waals surface area (Å²) in [5.41, 5.74) is 4.65. The summed E-state index contributed by atoms with van der Waals surface area (Å²) in [6, 6.07) is 30.2. The highest BCUT2D eigenvalue weighted by atomic mass is 16.5. The minimum Gasteiger partial charge on any atom is -0.496 e. The lowest BCUT2D eigenvalue weighted by Crippen LogP contribution is -2.43. The lowest BCUT2D eigenvalue weighted by Gasteiger charge is -2.38. The highest BCUT2D eigenvalue weighted by Crippen LogP contribution is 2.37. The van der Waals surface area contributed by atoms with E-state index in [1.807, 2.05) is 72.8 Å². The van der Waals surface area contributed by atoms with Gasteiger partial charge in [-0.05, 0) is 66.2 Å². The molecule has 2 amide bonds. The number of hydrogen-bond acceptors (Lipinski definition) is 5. The van der Waals surface area contributed by atoms with Gasteiger partial charge in [-0.25, -0.2) is 0 Å². The maximum Gasteiger partial charge on any atom is 0.262 e. The minimum atomic E-state index is -0.425. The first-order valence-electron chi connectivity index (χ1n) is 11.9. The Morgan fingerprint density at radius 1 is 0.946 bits per heavy atom. The average molecular weight is 494 g/mol. The van der Waals surface area contributed by atoms with Crippen molar-refractivity contribution in [3.63, 3.8) is 0 Å². The molecule has 7 nitrogen and oxygen atoms in total. The van der Waals surface area contributed by atoms with E-state index >= 15 is 0 Å². The summed E-state index contributed by atoms with van der Waals surface area (Å²) in [7, 11) is 1.62. The van der Waals surface area contributed by atoms with Gasteiger partial charge in [0.05, 0.1) is 12.7 Å². The molecular weight excluding hydrogens is 466 g/mol. The van der Waals surface area contributed by atoms with Crippen molar-refractivity contribution >= 4 is 28.9 Å². The van der Waals surface area contributed by atoms with Crippen molar-refractivity contribution in [2.45, 2.75) is 19.7 Å². The van der Waals surface area contributed by atoms with Crippen LogP contribution < -0.4 is 25.0 Å². The predicted octanol–water partition coefficient (Wildman–Crippen LogP) is 6.00. The molecule has 1 aliphatic rings. The number of benzene rings is 4. The van der Waals surface area contributed by atoms with E-state index in [0.717, 1.165) is 22.5 Å². The number of hydrogen-bond donors (Lipinski definition) is 2. The molecule has 4 aromatic rings. The van der Waals surface area contributed by atoms with E-state index in [1.165, 1.54) is 6.92 Å². The third kappa shape index (κ3) is 5.11. The molecule has 0 saturated heterocycles. The normalized spacial score (nSPS) is 14.4. The van der Waals surface area contributed by atoms with Gasteiger partial charge < -0.3 is 20.1 Å². The molecule has 0 unspecified atom stereocenters. The molecule has 2 N–H and O–H groups in total. The minimum absolute atomic E-state index is 0.0709. The zero-order valence-electron chi connectivity index (χ0n) is 20.6. The second-order valence-corrected chi connectivity index (χ2v) is 8.67. The van der Waals surface area contributed by atoms with Crippen LogP contribution in [0.3, 0.4) is 0 Å². The zero-order valence-corrected chi connectivity index (χ0v) is 20.6. The first kappa shape index (κ1) is 23.9. The fraction of sp³-hybridized carbons (Fsp3) is 0.133. The first-order chi connectivity index (χ1) is 18.0. The van der Waals surface area contributed by atoms with Crippen LogP contribution >= 0.6 is 0 Å². The van der Waals surface area contributed by atoms with E-state index in [1.54, 1.807) is 36.3 Å². The van der Waals surface area contributed by atoms with Crippen molar-refractivity contribution in [2.24, 2.45) is 0 Å². The van der Waals surface area contributed by atoms with Gasteiger partial charge in [-0.1, -0.05) is 36.4 Å². The van der Waals surface area contributed by atoms with Crippen molar-refractivity contribution in [1.82, 2.24) is 0 Å². The summed E-state index contributed by atoms with van der Waals surface area (Å²) in [6.45, 7) is 1.73. The SMILES string of the molecule is COc1ccc([C@@H]2Nc3ccccc3C(=O)N2c2ccccc2)cc1COc1ccc(NC(C)=O)cc1. The summed E-state index contributed by atoms with van der Waals surface area (Å²) in [5.74, 6) is 1.15. The third-order valence-corrected chi connectivity index (χ3v) is 6.15. The molecule has 5 rings (SSSR count). The highest BCUT2D eigenvalue weighted by Gasteiger charge is 2.34. The van der Waals surface area contributed by atoms with Gasteiger partial charge in [-0.2, -0.15) is 0 Å². The Labute approximate surface area is 215 Å². The van der Waals surface area contributed by atoms with Crippen LogP contribution in [0.2, 0.25) is 0 Å². The maximum absolute atomic E-state index is 13.6. The molecule has 37 heavy (non-hydrogen) atoms. The van der Waals surface area contributed by atoms with Crippen LogP contribution in [0.5, 0.6) is 11.5 Å². The highest BCUT2D eigenvalue weighted by molar-refractivity contribution is 6.12. The Morgan fingerprint density at radius 2 is 1.68 bits per heavy atom. The van der Waals surface area contributed by atoms with Gasteiger partial charge in [0.25, 0.3) is 5.91 Å². The molecule has 7 heteroatoms. The van der Waals surface area contributed by atoms with Crippen LogP contribution in [0.15, 0.2) is 97.1 Å². The lowest BCUT2D eigenvalue weighted by atomic mass is 10.0. The quantitative estimate of drug-likeness (QED) is 0.330. The molecular formula is C30H27N3O4. The van der Waals surface area contributed by atoms with Crippen molar-refractivity contribution in [3.8, 4) is 11.5 Å². The van der Waals surface area contributed by atoms with Crippen molar-refractivity contribution in [2.75, 3.05) is 22.6 Å². The molecule has 4 aromatic carbocycles. The number of nitrogens with zero attached hydrogens (tertiary/aromatic N) is 1. The summed E-state index contributed by atoms with van der Waals surface area (Å²) in [6.07, 6.45) is -0.425. The van der Waals surface area contributed by atoms with Crippen LogP contribution in [0.25, 0.3) is 0 Å². The third-order valence-electron chi connectivity index (χ3n) is 6.15. The number of methoxy groups -OCH3 is 1. The van der Waals surface area contributed by atoms with E-state index in [9.17, 15) is 9.59 Å². The Balaban J connectivity index is 1.45. The smallest absolute Gasteiger partial charge is 0.262 e. The number of rotatable bonds is 7. The largest absolute Gasteiger partial charge is 0.496 e. The number of para-hydroxylation sites is 2. The molecule has 0 fully saturated rings. The van der Waals surface area contributed by atoms with E-state index in [0.29, 0.717) is 22.7 Å². The average Bonchev–Trinajstić information content (AvgIpc) is 2.92. The summed E-state index contributed by atoms with van der Waals surface area (Å²) >= 11 is 0. The zero-order chi connectivity index (χ0) is 25.8. The molecule has 0 saturated carbocycles. The fourth-order valence-corrected chi connectivity index (χ4v) is 4.42. The molecule has 1 atom stereocenters. The topological polar surface area (TPSA) is 79.9 Å². The summed E-state index contributed by atoms with van der Waals surface area (Å²) in [5, 5.41) is 6.28. The Kier molecular flexibility index (Phi) is 6.76. The van der Waals surface area contributed by atoms with E-state index in [4.69, 9.17) is 9.47 Å². The van der Waals surface area contributed by atoms with E-state index in [2.05, 4.69) is 10.6 Å². The standard InChI is InChI=1S/C30H27N3O4/c1-20(34)31-23-13-15-25(16-14-23)37-19-22-18-21(12-17-28(22)36-2)29-32-27-11-7-6-10-26(27)30(35)33(29)24-8-4-3-5-9-24/h3-18,29,32H,19H2,1-2H3,(H,31,34)/t29-/m1/s1. The maximum atomic E-state index is 13.6. The van der Waals surface area contributed by atoms with Gasteiger partial charge in [-0.3, -0.25) is 14.5 Å². The Hall–Kier alpha value is -4.78. The molecule has 0 aliphatic carbocycles. The lowest BCUT2D eigenvalue weighted by molar-refractivity contribution is -0.114. The Morgan fingerprint density at radius 3 is 2.41 bits per heavy atom. The van der Waals surface area contributed by atoms with E-state index < -0.39 is 6.17 Å². The molecule has 1 aliphatic heterocycles. The van der Waals surface area contributed by atoms with Gasteiger partial charge in [0.2, 0.25) is 5.91 Å². The summed E-state index contributed by atoms with van der Waals surface area (Å²) < 4.78 is 11.6. The number of amides is 2. The van der Waals surface area contributed by atoms with E-state index in [-0.39, 0.29) is 18.4 Å². The number of nitrogens with one attached hydrogen (secondary N) is 2. The number of fused-ring (bicyclic) bond motifs is 1. The van der Waals surface area contributed by atoms with Gasteiger partial charge in [0, 0.05) is 29.5 Å². The molecule has 0 aromatic heterocycles. The van der Waals surface area contributed by atoms with Gasteiger partial charge in [0.1, 0.15) is 24.3 Å². The second-order valence-electron chi connectivity index (χ2n) is 8.67. The van der Waals surface area contributed by atoms with Crippen LogP contribution in [0.4, 0.5) is 17.1 Å². The number of carbonyl (C=O) groups excluding carboxylic acids is 2. The number of anilines is 3.